The third-order valence-corrected chi connectivity index (χ3v) is 8.32. The number of ether oxygens (including phenoxy) is 3. The van der Waals surface area contributed by atoms with Gasteiger partial charge in [-0.1, -0.05) is 35.5 Å². The Kier molecular flexibility index (Phi) is 9.47. The zero-order valence-corrected chi connectivity index (χ0v) is 25.6. The number of Topliss-reactive ketones (excluding diaryl/α,β-unsaturated/α-hetero) is 1. The number of imide groups is 1. The molecule has 12 heteroatoms. The van der Waals surface area contributed by atoms with E-state index < -0.39 is 35.4 Å². The Morgan fingerprint density at radius 3 is 2.31 bits per heavy atom. The molecular formula is C33H24ClN3O7S. The minimum Gasteiger partial charge on any atom is -0.493 e. The molecule has 2 amide bonds. The van der Waals surface area contributed by atoms with E-state index in [0.29, 0.717) is 27.2 Å². The maximum atomic E-state index is 13.3. The van der Waals surface area contributed by atoms with Crippen LogP contribution in [-0.4, -0.2) is 54.6 Å². The molecule has 2 heterocycles. The van der Waals surface area contributed by atoms with Crippen molar-refractivity contribution in [3.63, 3.8) is 0 Å². The van der Waals surface area contributed by atoms with Crippen LogP contribution in [0.1, 0.15) is 32.7 Å². The summed E-state index contributed by atoms with van der Waals surface area (Å²) < 4.78 is 15.6. The minimum absolute atomic E-state index is 0.0940. The van der Waals surface area contributed by atoms with Crippen molar-refractivity contribution < 1.29 is 33.4 Å². The highest BCUT2D eigenvalue weighted by Crippen LogP contribution is 2.36. The molecule has 1 aromatic heterocycles. The Labute approximate surface area is 267 Å². The molecule has 3 aromatic carbocycles. The Morgan fingerprint density at radius 2 is 1.64 bits per heavy atom. The van der Waals surface area contributed by atoms with Crippen LogP contribution in [-0.2, 0) is 14.3 Å². The number of rotatable bonds is 10. The molecule has 0 N–H and O–H groups in total. The lowest BCUT2D eigenvalue weighted by Gasteiger charge is -2.15. The Bertz CT molecular complexity index is 1840. The van der Waals surface area contributed by atoms with Gasteiger partial charge in [0.05, 0.1) is 42.0 Å². The number of halogens is 1. The summed E-state index contributed by atoms with van der Waals surface area (Å²) in [4.78, 5) is 57.1. The molecule has 0 radical (unpaired) electrons. The van der Waals surface area contributed by atoms with Gasteiger partial charge in [0.25, 0.3) is 0 Å². The maximum absolute atomic E-state index is 13.3. The molecule has 0 spiro atoms. The highest BCUT2D eigenvalue weighted by Gasteiger charge is 2.41. The summed E-state index contributed by atoms with van der Waals surface area (Å²) in [5, 5.41) is 9.73. The number of carbonyl (C=O) groups is 4. The monoisotopic (exact) mass is 641 g/mol. The van der Waals surface area contributed by atoms with E-state index in [0.717, 1.165) is 22.2 Å². The lowest BCUT2D eigenvalue weighted by molar-refractivity contribution is -0.121. The number of methoxy groups -OCH3 is 2. The predicted molar refractivity (Wildman–Crippen MR) is 167 cm³/mol. The van der Waals surface area contributed by atoms with Crippen LogP contribution in [0.25, 0.3) is 11.3 Å². The first-order valence-corrected chi connectivity index (χ1v) is 14.7. The SMILES string of the molecule is COc1ccc(C(=O)COC(=O)c2ccc(N3C(=O)CC(Sc4nc(-c5ccc(Cl)cc5)ccc4C#N)C3=O)cc2)cc1OC. The molecule has 1 atom stereocenters. The van der Waals surface area contributed by atoms with E-state index in [1.54, 1.807) is 42.5 Å². The van der Waals surface area contributed by atoms with Gasteiger partial charge in [-0.15, -0.1) is 0 Å². The molecule has 10 nitrogen and oxygen atoms in total. The van der Waals surface area contributed by atoms with Crippen LogP contribution in [0.2, 0.25) is 5.02 Å². The van der Waals surface area contributed by atoms with Crippen LogP contribution < -0.4 is 14.4 Å². The van der Waals surface area contributed by atoms with Gasteiger partial charge in [-0.2, -0.15) is 5.26 Å². The second-order valence-corrected chi connectivity index (χ2v) is 11.3. The zero-order chi connectivity index (χ0) is 32.1. The van der Waals surface area contributed by atoms with Gasteiger partial charge >= 0.3 is 5.97 Å². The van der Waals surface area contributed by atoms with E-state index in [2.05, 4.69) is 11.1 Å². The lowest BCUT2D eigenvalue weighted by atomic mass is 10.1. The topological polar surface area (TPSA) is 136 Å². The van der Waals surface area contributed by atoms with Gasteiger partial charge in [-0.05, 0) is 66.7 Å². The number of ketones is 1. The molecule has 1 saturated heterocycles. The van der Waals surface area contributed by atoms with E-state index in [1.807, 2.05) is 0 Å². The third kappa shape index (κ3) is 6.82. The van der Waals surface area contributed by atoms with Crippen LogP contribution in [0.5, 0.6) is 11.5 Å². The van der Waals surface area contributed by atoms with Crippen molar-refractivity contribution in [2.45, 2.75) is 16.7 Å². The number of pyridine rings is 1. The van der Waals surface area contributed by atoms with E-state index in [4.69, 9.17) is 25.8 Å². The number of nitrogens with zero attached hydrogens (tertiary/aromatic N) is 3. The summed E-state index contributed by atoms with van der Waals surface area (Å²) in [6.45, 7) is -0.504. The molecule has 1 unspecified atom stereocenters. The molecule has 1 aliphatic rings. The highest BCUT2D eigenvalue weighted by atomic mass is 35.5. The number of aromatic nitrogens is 1. The molecule has 0 aliphatic carbocycles. The number of esters is 1. The minimum atomic E-state index is -0.801. The van der Waals surface area contributed by atoms with E-state index >= 15 is 0 Å². The first-order chi connectivity index (χ1) is 21.7. The molecule has 0 saturated carbocycles. The van der Waals surface area contributed by atoms with Crippen LogP contribution in [0.3, 0.4) is 0 Å². The number of thioether (sulfide) groups is 1. The third-order valence-electron chi connectivity index (χ3n) is 6.88. The normalized spacial score (nSPS) is 14.2. The average Bonchev–Trinajstić information content (AvgIpc) is 3.34. The smallest absolute Gasteiger partial charge is 0.338 e. The summed E-state index contributed by atoms with van der Waals surface area (Å²) in [7, 11) is 2.92. The van der Waals surface area contributed by atoms with Gasteiger partial charge in [0.1, 0.15) is 11.1 Å². The first kappa shape index (κ1) is 31.3. The van der Waals surface area contributed by atoms with Gasteiger partial charge in [0.2, 0.25) is 11.8 Å². The number of nitriles is 1. The van der Waals surface area contributed by atoms with Crippen LogP contribution in [0, 0.1) is 11.3 Å². The second kappa shape index (κ2) is 13.6. The van der Waals surface area contributed by atoms with Gasteiger partial charge in [-0.3, -0.25) is 14.4 Å². The molecule has 1 aliphatic heterocycles. The van der Waals surface area contributed by atoms with Crippen molar-refractivity contribution in [2.75, 3.05) is 25.7 Å². The van der Waals surface area contributed by atoms with E-state index in [1.165, 1.54) is 50.6 Å². The number of carbonyl (C=O) groups excluding carboxylic acids is 4. The molecular weight excluding hydrogens is 618 g/mol. The Balaban J connectivity index is 1.24. The fourth-order valence-electron chi connectivity index (χ4n) is 4.55. The summed E-state index contributed by atoms with van der Waals surface area (Å²) >= 11 is 7.04. The summed E-state index contributed by atoms with van der Waals surface area (Å²) in [5.74, 6) is -1.27. The van der Waals surface area contributed by atoms with Gasteiger partial charge < -0.3 is 14.2 Å². The van der Waals surface area contributed by atoms with Crippen molar-refractivity contribution in [3.05, 3.63) is 101 Å². The largest absolute Gasteiger partial charge is 0.493 e. The average molecular weight is 642 g/mol. The van der Waals surface area contributed by atoms with Crippen molar-refractivity contribution in [3.8, 4) is 28.8 Å². The predicted octanol–water partition coefficient (Wildman–Crippen LogP) is 5.75. The summed E-state index contributed by atoms with van der Waals surface area (Å²) in [6.07, 6.45) is -0.0940. The van der Waals surface area contributed by atoms with Crippen molar-refractivity contribution in [2.24, 2.45) is 0 Å². The summed E-state index contributed by atoms with van der Waals surface area (Å²) in [6, 6.07) is 22.8. The molecule has 226 valence electrons. The standard InChI is InChI=1S/C33H24ClN3O7S/c1-42-27-14-8-21(15-28(27)43-2)26(38)18-44-33(41)20-5-11-24(12-6-20)37-30(39)16-29(32(37)40)45-31-22(17-35)7-13-25(36-31)19-3-9-23(34)10-4-19/h3-15,29H,16,18H2,1-2H3. The van der Waals surface area contributed by atoms with Crippen LogP contribution in [0.4, 0.5) is 5.69 Å². The van der Waals surface area contributed by atoms with E-state index in [-0.39, 0.29) is 28.8 Å². The number of hydrogen-bond donors (Lipinski definition) is 0. The molecule has 5 rings (SSSR count). The van der Waals surface area contributed by atoms with Crippen LogP contribution >= 0.6 is 23.4 Å². The fraction of sp³-hybridized carbons (Fsp3) is 0.152. The molecule has 0 bridgehead atoms. The van der Waals surface area contributed by atoms with Crippen LogP contribution in [0.15, 0.2) is 83.9 Å². The number of amides is 2. The first-order valence-electron chi connectivity index (χ1n) is 13.4. The van der Waals surface area contributed by atoms with E-state index in [9.17, 15) is 24.4 Å². The molecule has 45 heavy (non-hydrogen) atoms. The number of anilines is 1. The number of benzene rings is 3. The van der Waals surface area contributed by atoms with Gasteiger partial charge in [-0.25, -0.2) is 14.7 Å². The maximum Gasteiger partial charge on any atom is 0.338 e. The van der Waals surface area contributed by atoms with Crippen molar-refractivity contribution >= 4 is 52.6 Å². The summed E-state index contributed by atoms with van der Waals surface area (Å²) in [5.41, 5.74) is 2.34. The fourth-order valence-corrected chi connectivity index (χ4v) is 5.77. The quantitative estimate of drug-likeness (QED) is 0.119. The number of hydrogen-bond acceptors (Lipinski definition) is 10. The van der Waals surface area contributed by atoms with Gasteiger partial charge in [0, 0.05) is 22.6 Å². The van der Waals surface area contributed by atoms with Gasteiger partial charge in [0.15, 0.2) is 23.9 Å². The lowest BCUT2D eigenvalue weighted by Crippen LogP contribution is -2.31. The Hall–Kier alpha value is -5.18. The van der Waals surface area contributed by atoms with Crippen molar-refractivity contribution in [1.82, 2.24) is 4.98 Å². The second-order valence-electron chi connectivity index (χ2n) is 9.66. The van der Waals surface area contributed by atoms with Crippen molar-refractivity contribution in [1.29, 1.82) is 5.26 Å². The molecule has 1 fully saturated rings. The molecule has 4 aromatic rings. The zero-order valence-electron chi connectivity index (χ0n) is 24.0. The Morgan fingerprint density at radius 1 is 0.956 bits per heavy atom. The highest BCUT2D eigenvalue weighted by molar-refractivity contribution is 8.00.